The number of methoxy groups -OCH3 is 1. The Kier molecular flexibility index (Phi) is 5.55. The minimum absolute atomic E-state index is 0.165. The van der Waals surface area contributed by atoms with Gasteiger partial charge < -0.3 is 14.4 Å². The zero-order valence-corrected chi connectivity index (χ0v) is 14.0. The fourth-order valence-electron chi connectivity index (χ4n) is 3.69. The molecule has 1 aromatic carbocycles. The van der Waals surface area contributed by atoms with Gasteiger partial charge in [-0.25, -0.2) is 0 Å². The van der Waals surface area contributed by atoms with Crippen LogP contribution in [0, 0.1) is 5.92 Å². The number of amides is 1. The summed E-state index contributed by atoms with van der Waals surface area (Å²) in [5.41, 5.74) is 1.32. The lowest BCUT2D eigenvalue weighted by molar-refractivity contribution is -0.138. The number of nitrogens with zero attached hydrogens (tertiary/aromatic N) is 1. The highest BCUT2D eigenvalue weighted by atomic mass is 16.5. The Morgan fingerprint density at radius 1 is 1.13 bits per heavy atom. The van der Waals surface area contributed by atoms with Crippen LogP contribution in [0.3, 0.4) is 0 Å². The predicted octanol–water partition coefficient (Wildman–Crippen LogP) is 3.22. The predicted molar refractivity (Wildman–Crippen MR) is 89.7 cm³/mol. The average Bonchev–Trinajstić information content (AvgIpc) is 2.88. The first-order chi connectivity index (χ1) is 11.3. The Hall–Kier alpha value is -1.55. The van der Waals surface area contributed by atoms with Crippen LogP contribution >= 0.6 is 0 Å². The van der Waals surface area contributed by atoms with Crippen LogP contribution in [0.1, 0.15) is 43.6 Å². The van der Waals surface area contributed by atoms with Crippen LogP contribution in [-0.2, 0) is 9.53 Å². The van der Waals surface area contributed by atoms with Crippen LogP contribution in [0.2, 0.25) is 0 Å². The van der Waals surface area contributed by atoms with Gasteiger partial charge in [-0.1, -0.05) is 18.6 Å². The molecule has 0 unspecified atom stereocenters. The molecule has 2 fully saturated rings. The van der Waals surface area contributed by atoms with Gasteiger partial charge in [0.05, 0.1) is 7.11 Å². The Morgan fingerprint density at radius 3 is 2.57 bits per heavy atom. The van der Waals surface area contributed by atoms with Gasteiger partial charge in [-0.15, -0.1) is 0 Å². The summed E-state index contributed by atoms with van der Waals surface area (Å²) in [6.07, 6.45) is 5.21. The van der Waals surface area contributed by atoms with Crippen LogP contribution in [0.15, 0.2) is 24.3 Å². The SMILES string of the molecule is COc1ccc([C@@H]2CCCCN(C(=O)C3CCOCC3)C2)cc1. The molecular weight excluding hydrogens is 290 g/mol. The summed E-state index contributed by atoms with van der Waals surface area (Å²) in [6, 6.07) is 8.33. The minimum Gasteiger partial charge on any atom is -0.497 e. The van der Waals surface area contributed by atoms with Crippen molar-refractivity contribution in [2.75, 3.05) is 33.4 Å². The van der Waals surface area contributed by atoms with Crippen molar-refractivity contribution in [1.82, 2.24) is 4.90 Å². The molecule has 2 saturated heterocycles. The van der Waals surface area contributed by atoms with E-state index in [-0.39, 0.29) is 5.92 Å². The van der Waals surface area contributed by atoms with E-state index in [4.69, 9.17) is 9.47 Å². The Labute approximate surface area is 138 Å². The molecule has 0 saturated carbocycles. The van der Waals surface area contributed by atoms with Crippen molar-refractivity contribution in [3.63, 3.8) is 0 Å². The van der Waals surface area contributed by atoms with Crippen molar-refractivity contribution >= 4 is 5.91 Å². The third-order valence-electron chi connectivity index (χ3n) is 5.14. The molecule has 0 N–H and O–H groups in total. The van der Waals surface area contributed by atoms with Crippen LogP contribution < -0.4 is 4.74 Å². The third kappa shape index (κ3) is 4.05. The van der Waals surface area contributed by atoms with E-state index in [1.165, 1.54) is 12.0 Å². The number of carbonyl (C=O) groups is 1. The number of rotatable bonds is 3. The molecule has 1 atom stereocenters. The van der Waals surface area contributed by atoms with E-state index < -0.39 is 0 Å². The van der Waals surface area contributed by atoms with Crippen molar-refractivity contribution in [2.45, 2.75) is 38.0 Å². The fourth-order valence-corrected chi connectivity index (χ4v) is 3.69. The second-order valence-electron chi connectivity index (χ2n) is 6.64. The summed E-state index contributed by atoms with van der Waals surface area (Å²) in [6.45, 7) is 3.21. The monoisotopic (exact) mass is 317 g/mol. The second-order valence-corrected chi connectivity index (χ2v) is 6.64. The van der Waals surface area contributed by atoms with Crippen molar-refractivity contribution in [3.05, 3.63) is 29.8 Å². The molecule has 0 bridgehead atoms. The lowest BCUT2D eigenvalue weighted by Crippen LogP contribution is -2.40. The lowest BCUT2D eigenvalue weighted by atomic mass is 9.93. The normalized spacial score (nSPS) is 23.3. The molecular formula is C19H27NO3. The smallest absolute Gasteiger partial charge is 0.225 e. The molecule has 126 valence electrons. The minimum atomic E-state index is 0.165. The average molecular weight is 317 g/mol. The van der Waals surface area contributed by atoms with E-state index in [0.29, 0.717) is 11.8 Å². The maximum Gasteiger partial charge on any atom is 0.225 e. The number of likely N-dealkylation sites (tertiary alicyclic amines) is 1. The summed E-state index contributed by atoms with van der Waals surface area (Å²) in [5, 5.41) is 0. The second kappa shape index (κ2) is 7.82. The number of hydrogen-bond donors (Lipinski definition) is 0. The molecule has 0 radical (unpaired) electrons. The standard InChI is InChI=1S/C19H27NO3/c1-22-18-7-5-15(6-8-18)17-4-2-3-11-20(14-17)19(21)16-9-12-23-13-10-16/h5-8,16-17H,2-4,9-14H2,1H3/t17-/m1/s1. The largest absolute Gasteiger partial charge is 0.497 e. The van der Waals surface area contributed by atoms with Crippen LogP contribution in [0.25, 0.3) is 0 Å². The van der Waals surface area contributed by atoms with Gasteiger partial charge in [0.15, 0.2) is 0 Å². The van der Waals surface area contributed by atoms with Crippen LogP contribution in [0.5, 0.6) is 5.75 Å². The molecule has 1 amide bonds. The molecule has 0 spiro atoms. The summed E-state index contributed by atoms with van der Waals surface area (Å²) < 4.78 is 10.6. The first-order valence-corrected chi connectivity index (χ1v) is 8.78. The van der Waals surface area contributed by atoms with Crippen molar-refractivity contribution in [2.24, 2.45) is 5.92 Å². The third-order valence-corrected chi connectivity index (χ3v) is 5.14. The summed E-state index contributed by atoms with van der Waals surface area (Å²) in [7, 11) is 1.69. The van der Waals surface area contributed by atoms with E-state index >= 15 is 0 Å². The van der Waals surface area contributed by atoms with Gasteiger partial charge in [0.2, 0.25) is 5.91 Å². The molecule has 2 aliphatic heterocycles. The van der Waals surface area contributed by atoms with Gasteiger partial charge in [0, 0.05) is 38.1 Å². The maximum absolute atomic E-state index is 12.8. The zero-order valence-electron chi connectivity index (χ0n) is 14.0. The van der Waals surface area contributed by atoms with Crippen LogP contribution in [-0.4, -0.2) is 44.2 Å². The summed E-state index contributed by atoms with van der Waals surface area (Å²) in [4.78, 5) is 14.9. The van der Waals surface area contributed by atoms with E-state index in [1.54, 1.807) is 7.11 Å². The van der Waals surface area contributed by atoms with Gasteiger partial charge in [-0.2, -0.15) is 0 Å². The quantitative estimate of drug-likeness (QED) is 0.859. The van der Waals surface area contributed by atoms with E-state index in [9.17, 15) is 4.79 Å². The summed E-state index contributed by atoms with van der Waals surface area (Å²) in [5.74, 6) is 1.83. The highest BCUT2D eigenvalue weighted by molar-refractivity contribution is 5.79. The van der Waals surface area contributed by atoms with Gasteiger partial charge in [-0.05, 0) is 43.4 Å². The Morgan fingerprint density at radius 2 is 1.87 bits per heavy atom. The highest BCUT2D eigenvalue weighted by Crippen LogP contribution is 2.29. The fraction of sp³-hybridized carbons (Fsp3) is 0.632. The first-order valence-electron chi connectivity index (χ1n) is 8.78. The number of hydrogen-bond acceptors (Lipinski definition) is 3. The van der Waals surface area contributed by atoms with Gasteiger partial charge in [-0.3, -0.25) is 4.79 Å². The lowest BCUT2D eigenvalue weighted by Gasteiger charge is -2.30. The molecule has 2 aliphatic rings. The van der Waals surface area contributed by atoms with Gasteiger partial charge >= 0.3 is 0 Å². The number of benzene rings is 1. The van der Waals surface area contributed by atoms with Gasteiger partial charge in [0.1, 0.15) is 5.75 Å². The van der Waals surface area contributed by atoms with Crippen molar-refractivity contribution in [3.8, 4) is 5.75 Å². The van der Waals surface area contributed by atoms with Gasteiger partial charge in [0.25, 0.3) is 0 Å². The molecule has 3 rings (SSSR count). The Bertz CT molecular complexity index is 508. The Balaban J connectivity index is 1.68. The van der Waals surface area contributed by atoms with E-state index in [0.717, 1.165) is 57.7 Å². The molecule has 4 nitrogen and oxygen atoms in total. The molecule has 2 heterocycles. The maximum atomic E-state index is 12.8. The number of ether oxygens (including phenoxy) is 2. The number of carbonyl (C=O) groups excluding carboxylic acids is 1. The van der Waals surface area contributed by atoms with E-state index in [2.05, 4.69) is 17.0 Å². The van der Waals surface area contributed by atoms with Crippen molar-refractivity contribution < 1.29 is 14.3 Å². The molecule has 23 heavy (non-hydrogen) atoms. The molecule has 0 aromatic heterocycles. The highest BCUT2D eigenvalue weighted by Gasteiger charge is 2.29. The molecule has 0 aliphatic carbocycles. The van der Waals surface area contributed by atoms with Crippen molar-refractivity contribution in [1.29, 1.82) is 0 Å². The summed E-state index contributed by atoms with van der Waals surface area (Å²) >= 11 is 0. The molecule has 1 aromatic rings. The molecule has 4 heteroatoms. The van der Waals surface area contributed by atoms with E-state index in [1.807, 2.05) is 12.1 Å². The zero-order chi connectivity index (χ0) is 16.1. The van der Waals surface area contributed by atoms with Crippen LogP contribution in [0.4, 0.5) is 0 Å². The first kappa shape index (κ1) is 16.3. The topological polar surface area (TPSA) is 38.8 Å².